The molecule has 0 radical (unpaired) electrons. The molecule has 0 N–H and O–H groups in total. The molecule has 1 saturated heterocycles. The summed E-state index contributed by atoms with van der Waals surface area (Å²) in [7, 11) is 7.66. The number of likely N-dealkylation sites (tertiary alicyclic amines) is 1. The van der Waals surface area contributed by atoms with Gasteiger partial charge in [0.2, 0.25) is 5.95 Å². The summed E-state index contributed by atoms with van der Waals surface area (Å²) in [5.74, 6) is 1.95. The molecule has 0 bridgehead atoms. The first-order valence-corrected chi connectivity index (χ1v) is 10.8. The van der Waals surface area contributed by atoms with Crippen LogP contribution in [-0.4, -0.2) is 58.9 Å². The maximum Gasteiger partial charge on any atom is 0.225 e. The van der Waals surface area contributed by atoms with Crippen molar-refractivity contribution in [2.24, 2.45) is 7.05 Å². The first-order valence-electron chi connectivity index (χ1n) is 10.8. The zero-order valence-corrected chi connectivity index (χ0v) is 19.2. The second-order valence-electron chi connectivity index (χ2n) is 8.58. The molecule has 1 aliphatic heterocycles. The molecule has 1 unspecified atom stereocenters. The molecule has 7 heteroatoms. The van der Waals surface area contributed by atoms with Gasteiger partial charge in [0, 0.05) is 63.7 Å². The molecule has 1 fully saturated rings. The number of nitrogens with zero attached hydrogens (tertiary/aromatic N) is 6. The molecule has 7 nitrogen and oxygen atoms in total. The van der Waals surface area contributed by atoms with Crippen LogP contribution >= 0.6 is 0 Å². The Morgan fingerprint density at radius 1 is 1.26 bits per heavy atom. The number of benzene rings is 1. The smallest absolute Gasteiger partial charge is 0.225 e. The lowest BCUT2D eigenvalue weighted by molar-refractivity contribution is 0.198. The highest BCUT2D eigenvalue weighted by molar-refractivity contribution is 5.68. The maximum atomic E-state index is 5.46. The van der Waals surface area contributed by atoms with Crippen LogP contribution in [0.1, 0.15) is 35.7 Å². The lowest BCUT2D eigenvalue weighted by Crippen LogP contribution is -2.34. The van der Waals surface area contributed by atoms with Crippen molar-refractivity contribution in [3.63, 3.8) is 0 Å². The van der Waals surface area contributed by atoms with Crippen molar-refractivity contribution in [2.75, 3.05) is 39.2 Å². The quantitative estimate of drug-likeness (QED) is 0.607. The van der Waals surface area contributed by atoms with Gasteiger partial charge in [0.05, 0.1) is 18.5 Å². The van der Waals surface area contributed by atoms with Gasteiger partial charge in [0.1, 0.15) is 5.75 Å². The minimum absolute atomic E-state index is 0.355. The highest BCUT2D eigenvalue weighted by Gasteiger charge is 2.26. The van der Waals surface area contributed by atoms with Crippen LogP contribution in [0.25, 0.3) is 11.1 Å². The minimum Gasteiger partial charge on any atom is -0.497 e. The molecule has 0 saturated carbocycles. The fraction of sp³-hybridized carbons (Fsp3) is 0.458. The summed E-state index contributed by atoms with van der Waals surface area (Å²) in [5.41, 5.74) is 5.72. The summed E-state index contributed by atoms with van der Waals surface area (Å²) in [5, 5.41) is 4.51. The molecule has 0 spiro atoms. The number of aryl methyl sites for hydroxylation is 2. The van der Waals surface area contributed by atoms with Crippen molar-refractivity contribution in [2.45, 2.75) is 32.2 Å². The van der Waals surface area contributed by atoms with Gasteiger partial charge < -0.3 is 9.64 Å². The number of rotatable bonds is 6. The molecule has 2 aromatic heterocycles. The standard InChI is InChI=1S/C24H32N6O/c1-17-20(14-29(4)27-17)16-30-11-7-9-19(15-30)23-22(13-25-24(26-23)28(2)3)18-8-6-10-21(12-18)31-5/h6,8,10,12-14,19H,7,9,11,15-16H2,1-5H3. The largest absolute Gasteiger partial charge is 0.497 e. The van der Waals surface area contributed by atoms with Crippen LogP contribution in [0.15, 0.2) is 36.7 Å². The Morgan fingerprint density at radius 3 is 2.81 bits per heavy atom. The highest BCUT2D eigenvalue weighted by Crippen LogP contribution is 2.35. The van der Waals surface area contributed by atoms with E-state index in [9.17, 15) is 0 Å². The fourth-order valence-electron chi connectivity index (χ4n) is 4.39. The molecular formula is C24H32N6O. The zero-order valence-electron chi connectivity index (χ0n) is 19.2. The Bertz CT molecular complexity index is 1040. The third kappa shape index (κ3) is 4.71. The SMILES string of the molecule is COc1cccc(-c2cnc(N(C)C)nc2C2CCCN(Cc3cn(C)nc3C)C2)c1. The van der Waals surface area contributed by atoms with E-state index in [1.54, 1.807) is 7.11 Å². The third-order valence-corrected chi connectivity index (χ3v) is 5.99. The highest BCUT2D eigenvalue weighted by atomic mass is 16.5. The summed E-state index contributed by atoms with van der Waals surface area (Å²) in [6.45, 7) is 5.10. The van der Waals surface area contributed by atoms with E-state index in [1.807, 2.05) is 49.1 Å². The third-order valence-electron chi connectivity index (χ3n) is 5.99. The van der Waals surface area contributed by atoms with E-state index in [0.29, 0.717) is 5.92 Å². The molecule has 31 heavy (non-hydrogen) atoms. The lowest BCUT2D eigenvalue weighted by Gasteiger charge is -2.33. The predicted octanol–water partition coefficient (Wildman–Crippen LogP) is 3.64. The van der Waals surface area contributed by atoms with Crippen LogP contribution in [0, 0.1) is 6.92 Å². The van der Waals surface area contributed by atoms with Gasteiger partial charge in [-0.15, -0.1) is 0 Å². The Labute approximate surface area is 184 Å². The van der Waals surface area contributed by atoms with Gasteiger partial charge in [0.15, 0.2) is 0 Å². The number of anilines is 1. The molecule has 4 rings (SSSR count). The summed E-state index contributed by atoms with van der Waals surface area (Å²) in [6.07, 6.45) is 6.39. The first kappa shape index (κ1) is 21.3. The van der Waals surface area contributed by atoms with Gasteiger partial charge in [-0.1, -0.05) is 12.1 Å². The molecule has 1 atom stereocenters. The summed E-state index contributed by atoms with van der Waals surface area (Å²) < 4.78 is 7.36. The fourth-order valence-corrected chi connectivity index (χ4v) is 4.39. The molecule has 1 aliphatic rings. The maximum absolute atomic E-state index is 5.46. The van der Waals surface area contributed by atoms with Crippen LogP contribution in [0.2, 0.25) is 0 Å². The lowest BCUT2D eigenvalue weighted by atomic mass is 9.89. The van der Waals surface area contributed by atoms with Gasteiger partial charge in [0.25, 0.3) is 0 Å². The number of methoxy groups -OCH3 is 1. The molecule has 164 valence electrons. The number of ether oxygens (including phenoxy) is 1. The van der Waals surface area contributed by atoms with E-state index in [0.717, 1.165) is 66.7 Å². The molecule has 0 amide bonds. The number of hydrogen-bond acceptors (Lipinski definition) is 6. The number of hydrogen-bond donors (Lipinski definition) is 0. The van der Waals surface area contributed by atoms with E-state index in [1.165, 1.54) is 5.56 Å². The van der Waals surface area contributed by atoms with Crippen LogP contribution in [0.3, 0.4) is 0 Å². The second-order valence-corrected chi connectivity index (χ2v) is 8.58. The molecule has 1 aromatic carbocycles. The van der Waals surface area contributed by atoms with Crippen molar-refractivity contribution < 1.29 is 4.74 Å². The average molecular weight is 421 g/mol. The van der Waals surface area contributed by atoms with Crippen molar-refractivity contribution in [3.05, 3.63) is 53.6 Å². The van der Waals surface area contributed by atoms with Crippen molar-refractivity contribution in [3.8, 4) is 16.9 Å². The van der Waals surface area contributed by atoms with Crippen LogP contribution < -0.4 is 9.64 Å². The summed E-state index contributed by atoms with van der Waals surface area (Å²) in [4.78, 5) is 14.1. The van der Waals surface area contributed by atoms with Gasteiger partial charge in [-0.05, 0) is 44.0 Å². The molecule has 3 aromatic rings. The van der Waals surface area contributed by atoms with E-state index < -0.39 is 0 Å². The zero-order chi connectivity index (χ0) is 22.0. The van der Waals surface area contributed by atoms with Crippen molar-refractivity contribution in [1.29, 1.82) is 0 Å². The predicted molar refractivity (Wildman–Crippen MR) is 124 cm³/mol. The Hall–Kier alpha value is -2.93. The van der Waals surface area contributed by atoms with Crippen molar-refractivity contribution >= 4 is 5.95 Å². The topological polar surface area (TPSA) is 59.3 Å². The van der Waals surface area contributed by atoms with Crippen molar-refractivity contribution in [1.82, 2.24) is 24.6 Å². The average Bonchev–Trinajstić information content (AvgIpc) is 3.09. The second kappa shape index (κ2) is 9.06. The Morgan fingerprint density at radius 2 is 2.10 bits per heavy atom. The van der Waals surface area contributed by atoms with Crippen LogP contribution in [-0.2, 0) is 13.6 Å². The van der Waals surface area contributed by atoms with Gasteiger partial charge in [-0.2, -0.15) is 5.10 Å². The summed E-state index contributed by atoms with van der Waals surface area (Å²) in [6, 6.07) is 8.17. The molecule has 0 aliphatic carbocycles. The monoisotopic (exact) mass is 420 g/mol. The van der Waals surface area contributed by atoms with E-state index in [4.69, 9.17) is 9.72 Å². The summed E-state index contributed by atoms with van der Waals surface area (Å²) >= 11 is 0. The van der Waals surface area contributed by atoms with Crippen LogP contribution in [0.4, 0.5) is 5.95 Å². The van der Waals surface area contributed by atoms with E-state index >= 15 is 0 Å². The van der Waals surface area contributed by atoms with E-state index in [-0.39, 0.29) is 0 Å². The molecule has 3 heterocycles. The first-order chi connectivity index (χ1) is 14.9. The molecular weight excluding hydrogens is 388 g/mol. The van der Waals surface area contributed by atoms with Crippen LogP contribution in [0.5, 0.6) is 5.75 Å². The van der Waals surface area contributed by atoms with Gasteiger partial charge in [-0.25, -0.2) is 9.97 Å². The number of aromatic nitrogens is 4. The van der Waals surface area contributed by atoms with Gasteiger partial charge in [-0.3, -0.25) is 9.58 Å². The Kier molecular flexibility index (Phi) is 6.23. The number of piperidine rings is 1. The normalized spacial score (nSPS) is 17.0. The minimum atomic E-state index is 0.355. The van der Waals surface area contributed by atoms with Gasteiger partial charge >= 0.3 is 0 Å². The Balaban J connectivity index is 1.66. The van der Waals surface area contributed by atoms with E-state index in [2.05, 4.69) is 40.2 Å².